The normalized spacial score (nSPS) is 33.3. The fraction of sp³-hybridized carbons (Fsp3) is 1.00. The van der Waals surface area contributed by atoms with Crippen LogP contribution in [-0.2, 0) is 28.8 Å². The van der Waals surface area contributed by atoms with E-state index in [0.29, 0.717) is 17.9 Å². The minimum atomic E-state index is -0.273. The van der Waals surface area contributed by atoms with Gasteiger partial charge in [0, 0.05) is 20.8 Å². The third kappa shape index (κ3) is 13.3. The van der Waals surface area contributed by atoms with E-state index in [2.05, 4.69) is 20.8 Å². The molecule has 0 aliphatic heterocycles. The summed E-state index contributed by atoms with van der Waals surface area (Å²) in [4.78, 5) is 10.5. The average Bonchev–Trinajstić information content (AvgIpc) is 3.06. The molecule has 0 heterocycles. The van der Waals surface area contributed by atoms with Crippen molar-refractivity contribution in [1.82, 2.24) is 0 Å². The fourth-order valence-electron chi connectivity index (χ4n) is 9.00. The first kappa shape index (κ1) is 39.2. The Kier molecular flexibility index (Phi) is 20.1. The molecule has 0 aromatic carbocycles. The maximum atomic E-state index is 6.60. The van der Waals surface area contributed by atoms with Gasteiger partial charge >= 0.3 is 0 Å². The van der Waals surface area contributed by atoms with Crippen LogP contribution in [0.5, 0.6) is 0 Å². The summed E-state index contributed by atoms with van der Waals surface area (Å²) >= 11 is 0. The molecule has 266 valence electrons. The third-order valence-corrected chi connectivity index (χ3v) is 11.7. The monoisotopic (exact) mass is 640 g/mol. The summed E-state index contributed by atoms with van der Waals surface area (Å²) in [5.41, 5.74) is 0. The van der Waals surface area contributed by atoms with Crippen LogP contribution in [0.4, 0.5) is 0 Å². The molecule has 0 saturated heterocycles. The highest BCUT2D eigenvalue weighted by molar-refractivity contribution is 4.99. The van der Waals surface area contributed by atoms with Crippen LogP contribution in [0, 0.1) is 23.7 Å². The molecule has 7 nitrogen and oxygen atoms in total. The Hall–Kier alpha value is -0.280. The Morgan fingerprint density at radius 2 is 1.16 bits per heavy atom. The number of rotatable bonds is 23. The van der Waals surface area contributed by atoms with Gasteiger partial charge in [-0.3, -0.25) is 0 Å². The fourth-order valence-corrected chi connectivity index (χ4v) is 9.00. The van der Waals surface area contributed by atoms with Crippen LogP contribution in [0.1, 0.15) is 162 Å². The van der Waals surface area contributed by atoms with Crippen LogP contribution >= 0.6 is 0 Å². The van der Waals surface area contributed by atoms with Gasteiger partial charge in [-0.1, -0.05) is 84.5 Å². The molecule has 0 aromatic heterocycles. The Labute approximate surface area is 277 Å². The van der Waals surface area contributed by atoms with Crippen molar-refractivity contribution >= 4 is 0 Å². The molecular formula is C38H73NO6. The Balaban J connectivity index is 1.41. The summed E-state index contributed by atoms with van der Waals surface area (Å²) in [6, 6.07) is 0. The van der Waals surface area contributed by atoms with E-state index in [-0.39, 0.29) is 30.5 Å². The number of nitrogens with two attached hydrogens (primary N) is 1. The van der Waals surface area contributed by atoms with Gasteiger partial charge in [-0.05, 0) is 101 Å². The zero-order chi connectivity index (χ0) is 32.3. The van der Waals surface area contributed by atoms with E-state index in [1.54, 1.807) is 7.11 Å². The second kappa shape index (κ2) is 23.1. The van der Waals surface area contributed by atoms with Crippen molar-refractivity contribution < 1.29 is 28.8 Å². The van der Waals surface area contributed by atoms with Crippen LogP contribution in [0.25, 0.3) is 0 Å². The second-order valence-electron chi connectivity index (χ2n) is 14.8. The van der Waals surface area contributed by atoms with E-state index in [1.807, 2.05) is 7.11 Å². The van der Waals surface area contributed by atoms with Crippen molar-refractivity contribution in [3.05, 3.63) is 0 Å². The van der Waals surface area contributed by atoms with Gasteiger partial charge in [-0.15, -0.1) is 4.99 Å². The maximum absolute atomic E-state index is 6.60. The second-order valence-corrected chi connectivity index (χ2v) is 14.8. The standard InChI is InChI=1S/C38H73NO6/c1-6-8-10-12-13-14-15-17-27-42-33-25-23-31(24-26-33)30-19-21-32(22-20-30)34-28-35(44-45-39)37(38(41-5)36(34)40-4)43-29(3)18-16-11-9-7-2/h29-38H,6-28,39H2,1-5H3. The number of hydrogen-bond acceptors (Lipinski definition) is 7. The van der Waals surface area contributed by atoms with Gasteiger partial charge in [0.15, 0.2) is 0 Å². The summed E-state index contributed by atoms with van der Waals surface area (Å²) in [7, 11) is 3.60. The maximum Gasteiger partial charge on any atom is 0.124 e. The summed E-state index contributed by atoms with van der Waals surface area (Å²) in [5, 5.41) is 0. The van der Waals surface area contributed by atoms with Gasteiger partial charge in [0.05, 0.1) is 18.3 Å². The first-order chi connectivity index (χ1) is 22.1. The molecule has 3 fully saturated rings. The molecule has 6 atom stereocenters. The Bertz CT molecular complexity index is 710. The molecular weight excluding hydrogens is 566 g/mol. The molecule has 0 spiro atoms. The Morgan fingerprint density at radius 3 is 1.73 bits per heavy atom. The van der Waals surface area contributed by atoms with E-state index >= 15 is 0 Å². The van der Waals surface area contributed by atoms with Crippen molar-refractivity contribution in [3.63, 3.8) is 0 Å². The third-order valence-electron chi connectivity index (χ3n) is 11.7. The topological polar surface area (TPSA) is 81.4 Å². The highest BCUT2D eigenvalue weighted by Crippen LogP contribution is 2.47. The molecule has 2 N–H and O–H groups in total. The molecule has 3 rings (SSSR count). The minimum Gasteiger partial charge on any atom is -0.378 e. The lowest BCUT2D eigenvalue weighted by Crippen LogP contribution is -2.59. The van der Waals surface area contributed by atoms with Gasteiger partial charge < -0.3 is 18.9 Å². The van der Waals surface area contributed by atoms with Crippen molar-refractivity contribution in [2.24, 2.45) is 29.6 Å². The van der Waals surface area contributed by atoms with Crippen molar-refractivity contribution in [1.29, 1.82) is 0 Å². The lowest BCUT2D eigenvalue weighted by atomic mass is 9.64. The zero-order valence-electron chi connectivity index (χ0n) is 30.1. The van der Waals surface area contributed by atoms with Gasteiger partial charge in [0.2, 0.25) is 0 Å². The van der Waals surface area contributed by atoms with E-state index in [1.165, 1.54) is 128 Å². The lowest BCUT2D eigenvalue weighted by Gasteiger charge is -2.49. The molecule has 7 heteroatoms. The minimum absolute atomic E-state index is 0.0277. The highest BCUT2D eigenvalue weighted by atomic mass is 17.3. The average molecular weight is 640 g/mol. The summed E-state index contributed by atoms with van der Waals surface area (Å²) < 4.78 is 25.2. The molecule has 0 radical (unpaired) electrons. The van der Waals surface area contributed by atoms with Crippen LogP contribution in [0.3, 0.4) is 0 Å². The number of hydrogen-bond donors (Lipinski definition) is 1. The number of methoxy groups -OCH3 is 2. The highest BCUT2D eigenvalue weighted by Gasteiger charge is 2.50. The predicted molar refractivity (Wildman–Crippen MR) is 183 cm³/mol. The molecule has 3 aliphatic rings. The predicted octanol–water partition coefficient (Wildman–Crippen LogP) is 9.49. The van der Waals surface area contributed by atoms with E-state index < -0.39 is 0 Å². The van der Waals surface area contributed by atoms with E-state index in [9.17, 15) is 0 Å². The summed E-state index contributed by atoms with van der Waals surface area (Å²) in [5.74, 6) is 8.10. The zero-order valence-corrected chi connectivity index (χ0v) is 30.1. The summed E-state index contributed by atoms with van der Waals surface area (Å²) in [6.45, 7) is 7.65. The quantitative estimate of drug-likeness (QED) is 0.0677. The molecule has 3 aliphatic carbocycles. The van der Waals surface area contributed by atoms with Crippen LogP contribution in [-0.4, -0.2) is 57.5 Å². The van der Waals surface area contributed by atoms with Gasteiger partial charge in [0.1, 0.15) is 18.3 Å². The van der Waals surface area contributed by atoms with Crippen molar-refractivity contribution in [2.75, 3.05) is 20.8 Å². The van der Waals surface area contributed by atoms with Gasteiger partial charge in [-0.25, -0.2) is 4.89 Å². The first-order valence-corrected chi connectivity index (χ1v) is 19.4. The molecule has 3 saturated carbocycles. The molecule has 0 bridgehead atoms. The SMILES string of the molecule is CCCCCCCCCCOC1CCC(C2CCC(C3CC(OON)C(OC(C)CCCCCC)C(OC)C3OC)CC2)CC1. The Morgan fingerprint density at radius 1 is 0.622 bits per heavy atom. The van der Waals surface area contributed by atoms with Crippen LogP contribution < -0.4 is 5.90 Å². The lowest BCUT2D eigenvalue weighted by molar-refractivity contribution is -0.368. The van der Waals surface area contributed by atoms with Crippen molar-refractivity contribution in [3.8, 4) is 0 Å². The molecule has 0 amide bonds. The van der Waals surface area contributed by atoms with E-state index in [0.717, 1.165) is 31.3 Å². The smallest absolute Gasteiger partial charge is 0.124 e. The molecule has 45 heavy (non-hydrogen) atoms. The molecule has 6 unspecified atom stereocenters. The number of unbranched alkanes of at least 4 members (excludes halogenated alkanes) is 10. The van der Waals surface area contributed by atoms with Crippen molar-refractivity contribution in [2.45, 2.75) is 199 Å². The summed E-state index contributed by atoms with van der Waals surface area (Å²) in [6.07, 6.45) is 27.8. The molecule has 0 aromatic rings. The van der Waals surface area contributed by atoms with Gasteiger partial charge in [-0.2, -0.15) is 5.90 Å². The van der Waals surface area contributed by atoms with Gasteiger partial charge in [0.25, 0.3) is 0 Å². The van der Waals surface area contributed by atoms with Crippen LogP contribution in [0.2, 0.25) is 0 Å². The number of ether oxygens (including phenoxy) is 4. The van der Waals surface area contributed by atoms with Crippen LogP contribution in [0.15, 0.2) is 0 Å². The van der Waals surface area contributed by atoms with E-state index in [4.69, 9.17) is 34.7 Å². The largest absolute Gasteiger partial charge is 0.378 e. The first-order valence-electron chi connectivity index (χ1n) is 19.4.